The first-order chi connectivity index (χ1) is 31.0. The van der Waals surface area contributed by atoms with Crippen LogP contribution in [0.2, 0.25) is 0 Å². The summed E-state index contributed by atoms with van der Waals surface area (Å²) in [6.45, 7) is 4.59. The van der Waals surface area contributed by atoms with Gasteiger partial charge >= 0.3 is 0 Å². The number of hydrogen-bond acceptors (Lipinski definition) is 6. The van der Waals surface area contributed by atoms with Crippen LogP contribution in [0, 0.1) is 0 Å². The maximum Gasteiger partial charge on any atom is 0.268 e. The molecule has 0 saturated heterocycles. The van der Waals surface area contributed by atoms with Crippen molar-refractivity contribution in [3.05, 3.63) is 12.2 Å². The van der Waals surface area contributed by atoms with E-state index in [1.54, 1.807) is 6.08 Å². The molecule has 1 amide bonds. The summed E-state index contributed by atoms with van der Waals surface area (Å²) < 4.78 is 23.1. The van der Waals surface area contributed by atoms with Gasteiger partial charge in [-0.1, -0.05) is 270 Å². The molecule has 0 aliphatic carbocycles. The van der Waals surface area contributed by atoms with Crippen molar-refractivity contribution in [2.75, 3.05) is 40.9 Å². The zero-order valence-electron chi connectivity index (χ0n) is 43.5. The van der Waals surface area contributed by atoms with Crippen molar-refractivity contribution in [2.24, 2.45) is 0 Å². The molecule has 64 heavy (non-hydrogen) atoms. The van der Waals surface area contributed by atoms with E-state index in [1.807, 2.05) is 27.2 Å². The maximum atomic E-state index is 12.8. The van der Waals surface area contributed by atoms with Crippen LogP contribution in [0.1, 0.15) is 284 Å². The van der Waals surface area contributed by atoms with E-state index in [-0.39, 0.29) is 19.1 Å². The summed E-state index contributed by atoms with van der Waals surface area (Å²) in [4.78, 5) is 25.2. The van der Waals surface area contributed by atoms with Crippen LogP contribution in [-0.4, -0.2) is 68.5 Å². The molecule has 0 aromatic rings. The molecular formula is C55H111N2O6P. The van der Waals surface area contributed by atoms with Gasteiger partial charge in [-0.05, 0) is 19.3 Å². The van der Waals surface area contributed by atoms with Gasteiger partial charge < -0.3 is 28.8 Å². The Morgan fingerprint density at radius 1 is 0.531 bits per heavy atom. The summed E-state index contributed by atoms with van der Waals surface area (Å²) in [5, 5.41) is 13.6. The van der Waals surface area contributed by atoms with Crippen LogP contribution >= 0.6 is 7.82 Å². The molecule has 0 rings (SSSR count). The molecule has 8 nitrogen and oxygen atoms in total. The van der Waals surface area contributed by atoms with Crippen LogP contribution in [0.3, 0.4) is 0 Å². The fraction of sp³-hybridized carbons (Fsp3) is 0.945. The zero-order valence-corrected chi connectivity index (χ0v) is 44.4. The van der Waals surface area contributed by atoms with Gasteiger partial charge in [0.2, 0.25) is 5.91 Å². The van der Waals surface area contributed by atoms with Crippen molar-refractivity contribution in [3.63, 3.8) is 0 Å². The molecule has 0 saturated carbocycles. The Kier molecular flexibility index (Phi) is 46.8. The first kappa shape index (κ1) is 63.2. The van der Waals surface area contributed by atoms with Gasteiger partial charge in [-0.3, -0.25) is 9.36 Å². The molecule has 0 heterocycles. The van der Waals surface area contributed by atoms with Gasteiger partial charge in [-0.25, -0.2) is 0 Å². The van der Waals surface area contributed by atoms with E-state index in [0.717, 1.165) is 44.9 Å². The number of likely N-dealkylation sites (N-methyl/N-ethyl adjacent to an activating group) is 1. The van der Waals surface area contributed by atoms with Crippen molar-refractivity contribution in [3.8, 4) is 0 Å². The predicted molar refractivity (Wildman–Crippen MR) is 275 cm³/mol. The quantitative estimate of drug-likeness (QED) is 0.0272. The average Bonchev–Trinajstić information content (AvgIpc) is 3.25. The van der Waals surface area contributed by atoms with Crippen LogP contribution < -0.4 is 10.2 Å². The Morgan fingerprint density at radius 2 is 0.844 bits per heavy atom. The summed E-state index contributed by atoms with van der Waals surface area (Å²) in [6, 6.07) is -0.878. The largest absolute Gasteiger partial charge is 0.756 e. The lowest BCUT2D eigenvalue weighted by Crippen LogP contribution is -2.45. The lowest BCUT2D eigenvalue weighted by Gasteiger charge is -2.29. The number of nitrogens with zero attached hydrogens (tertiary/aromatic N) is 1. The minimum absolute atomic E-state index is 0.00127. The standard InChI is InChI=1S/C55H111N2O6P/c1-6-8-10-12-14-15-16-17-18-19-20-21-22-23-24-25-26-27-28-29-30-31-32-33-34-35-36-37-38-39-40-41-42-43-45-47-49-55(59)56-53(54(58)48-46-44-13-11-9-7-2)52-63-64(60,61)62-51-50-57(3,4)5/h46,48,53-54,58H,6-45,47,49-52H2,1-5H3,(H-,56,59,60,61)/b48-46+. The fourth-order valence-electron chi connectivity index (χ4n) is 8.57. The number of aliphatic hydroxyl groups excluding tert-OH is 1. The lowest BCUT2D eigenvalue weighted by molar-refractivity contribution is -0.870. The second-order valence-electron chi connectivity index (χ2n) is 20.7. The zero-order chi connectivity index (χ0) is 47.1. The van der Waals surface area contributed by atoms with E-state index in [2.05, 4.69) is 19.2 Å². The molecule has 3 atom stereocenters. The van der Waals surface area contributed by atoms with Gasteiger partial charge in [0.25, 0.3) is 7.82 Å². The summed E-state index contributed by atoms with van der Waals surface area (Å²) in [6.07, 6.45) is 57.9. The minimum Gasteiger partial charge on any atom is -0.756 e. The van der Waals surface area contributed by atoms with Crippen molar-refractivity contribution in [1.82, 2.24) is 5.32 Å². The second-order valence-corrected chi connectivity index (χ2v) is 22.1. The molecule has 382 valence electrons. The van der Waals surface area contributed by atoms with E-state index >= 15 is 0 Å². The Hall–Kier alpha value is -0.760. The highest BCUT2D eigenvalue weighted by molar-refractivity contribution is 7.45. The molecule has 0 aromatic heterocycles. The van der Waals surface area contributed by atoms with Crippen LogP contribution in [0.5, 0.6) is 0 Å². The van der Waals surface area contributed by atoms with Crippen molar-refractivity contribution < 1.29 is 32.9 Å². The molecule has 2 N–H and O–H groups in total. The van der Waals surface area contributed by atoms with Crippen molar-refractivity contribution >= 4 is 13.7 Å². The summed E-state index contributed by atoms with van der Waals surface area (Å²) in [7, 11) is 1.27. The molecule has 0 aliphatic heterocycles. The van der Waals surface area contributed by atoms with Gasteiger partial charge in [0.05, 0.1) is 39.9 Å². The molecule has 3 unspecified atom stereocenters. The fourth-order valence-corrected chi connectivity index (χ4v) is 9.29. The summed E-state index contributed by atoms with van der Waals surface area (Å²) in [5.74, 6) is -0.197. The molecule has 9 heteroatoms. The van der Waals surface area contributed by atoms with Crippen LogP contribution in [0.15, 0.2) is 12.2 Å². The van der Waals surface area contributed by atoms with E-state index in [4.69, 9.17) is 9.05 Å². The van der Waals surface area contributed by atoms with Crippen LogP contribution in [0.4, 0.5) is 0 Å². The van der Waals surface area contributed by atoms with Crippen LogP contribution in [0.25, 0.3) is 0 Å². The Labute approximate surface area is 399 Å². The first-order valence-electron chi connectivity index (χ1n) is 28.1. The topological polar surface area (TPSA) is 108 Å². The van der Waals surface area contributed by atoms with Gasteiger partial charge in [-0.2, -0.15) is 0 Å². The van der Waals surface area contributed by atoms with Gasteiger partial charge in [0.1, 0.15) is 13.2 Å². The smallest absolute Gasteiger partial charge is 0.268 e. The number of phosphoric ester groups is 1. The number of allylic oxidation sites excluding steroid dienone is 1. The number of carbonyl (C=O) groups excluding carboxylic acids is 1. The number of amides is 1. The third-order valence-electron chi connectivity index (χ3n) is 13.0. The number of aliphatic hydroxyl groups is 1. The molecular weight excluding hydrogens is 816 g/mol. The van der Waals surface area contributed by atoms with Gasteiger partial charge in [-0.15, -0.1) is 0 Å². The summed E-state index contributed by atoms with van der Waals surface area (Å²) >= 11 is 0. The lowest BCUT2D eigenvalue weighted by atomic mass is 10.0. The monoisotopic (exact) mass is 927 g/mol. The number of phosphoric acid groups is 1. The predicted octanol–water partition coefficient (Wildman–Crippen LogP) is 16.0. The number of rotatable bonds is 52. The van der Waals surface area contributed by atoms with Crippen molar-refractivity contribution in [1.29, 1.82) is 0 Å². The third kappa shape index (κ3) is 49.2. The van der Waals surface area contributed by atoms with E-state index < -0.39 is 20.0 Å². The Morgan fingerprint density at radius 3 is 1.17 bits per heavy atom. The molecule has 0 radical (unpaired) electrons. The summed E-state index contributed by atoms with van der Waals surface area (Å²) in [5.41, 5.74) is 0. The molecule has 0 spiro atoms. The van der Waals surface area contributed by atoms with Gasteiger partial charge in [0.15, 0.2) is 0 Å². The van der Waals surface area contributed by atoms with Gasteiger partial charge in [0, 0.05) is 6.42 Å². The average molecular weight is 927 g/mol. The van der Waals surface area contributed by atoms with Crippen molar-refractivity contribution in [2.45, 2.75) is 296 Å². The SMILES string of the molecule is CCCCCC/C=C/C(O)C(COP(=O)([O-])OCC[N+](C)(C)C)NC(=O)CCCCCCCCCCCCCCCCCCCCCCCCCCCCCCCCCCCCCC. The normalized spacial score (nSPS) is 14.0. The minimum atomic E-state index is -4.57. The number of hydrogen-bond donors (Lipinski definition) is 2. The second kappa shape index (κ2) is 47.3. The molecule has 0 aliphatic rings. The van der Waals surface area contributed by atoms with Crippen LogP contribution in [-0.2, 0) is 18.4 Å². The first-order valence-corrected chi connectivity index (χ1v) is 29.5. The number of carbonyl (C=O) groups is 1. The molecule has 0 bridgehead atoms. The molecule has 0 fully saturated rings. The Balaban J connectivity index is 3.71. The van der Waals surface area contributed by atoms with E-state index in [0.29, 0.717) is 17.4 Å². The molecule has 0 aromatic carbocycles. The maximum absolute atomic E-state index is 12.8. The highest BCUT2D eigenvalue weighted by Crippen LogP contribution is 2.38. The third-order valence-corrected chi connectivity index (χ3v) is 14.0. The number of nitrogens with one attached hydrogen (secondary N) is 1. The number of quaternary nitrogens is 1. The van der Waals surface area contributed by atoms with E-state index in [9.17, 15) is 19.4 Å². The number of unbranched alkanes of at least 4 members (excludes halogenated alkanes) is 39. The Bertz CT molecular complexity index is 1050. The highest BCUT2D eigenvalue weighted by Gasteiger charge is 2.23. The van der Waals surface area contributed by atoms with E-state index in [1.165, 1.54) is 218 Å². The highest BCUT2D eigenvalue weighted by atomic mass is 31.2.